The van der Waals surface area contributed by atoms with Gasteiger partial charge in [0.25, 0.3) is 11.8 Å². The van der Waals surface area contributed by atoms with Crippen molar-refractivity contribution in [1.82, 2.24) is 5.01 Å². The van der Waals surface area contributed by atoms with Crippen LogP contribution in [0.2, 0.25) is 0 Å². The van der Waals surface area contributed by atoms with Crippen LogP contribution in [-0.4, -0.2) is 28.2 Å². The summed E-state index contributed by atoms with van der Waals surface area (Å²) in [5.74, 6) is -1.15. The molecule has 0 bridgehead atoms. The molecule has 3 heterocycles. The van der Waals surface area contributed by atoms with E-state index in [2.05, 4.69) is 10.1 Å². The molecule has 0 radical (unpaired) electrons. The highest BCUT2D eigenvalue weighted by Crippen LogP contribution is 2.41. The number of dihydropyridines is 1. The molecule has 0 fully saturated rings. The molecule has 37 heavy (non-hydrogen) atoms. The van der Waals surface area contributed by atoms with Crippen LogP contribution in [-0.2, 0) is 4.79 Å². The zero-order valence-corrected chi connectivity index (χ0v) is 20.1. The molecule has 1 aliphatic carbocycles. The lowest BCUT2D eigenvalue weighted by Gasteiger charge is -2.27. The number of carbonyl (C=O) groups excluding carboxylic acids is 2. The number of hydrogen-bond donors (Lipinski definition) is 0. The molecule has 2 atom stereocenters. The van der Waals surface area contributed by atoms with E-state index in [1.54, 1.807) is 24.3 Å². The van der Waals surface area contributed by atoms with Crippen LogP contribution in [0.5, 0.6) is 0 Å². The van der Waals surface area contributed by atoms with Gasteiger partial charge in [0.2, 0.25) is 0 Å². The Morgan fingerprint density at radius 1 is 1.03 bits per heavy atom. The molecule has 182 valence electrons. The minimum absolute atomic E-state index is 0.239. The maximum Gasteiger partial charge on any atom is 0.279 e. The fraction of sp³-hybridized carbons (Fsp3) is 0.103. The van der Waals surface area contributed by atoms with Crippen LogP contribution in [0.1, 0.15) is 34.1 Å². The van der Waals surface area contributed by atoms with E-state index in [4.69, 9.17) is 16.0 Å². The number of furan rings is 1. The number of halogens is 2. The van der Waals surface area contributed by atoms with E-state index < -0.39 is 23.7 Å². The van der Waals surface area contributed by atoms with Crippen molar-refractivity contribution in [3.63, 3.8) is 0 Å². The fourth-order valence-corrected chi connectivity index (χ4v) is 5.04. The molecule has 3 aliphatic rings. The largest absolute Gasteiger partial charge is 0.467 e. The van der Waals surface area contributed by atoms with Crippen molar-refractivity contribution in [2.75, 3.05) is 0 Å². The van der Waals surface area contributed by atoms with Crippen LogP contribution in [0, 0.1) is 11.7 Å². The average Bonchev–Trinajstić information content (AvgIpc) is 3.59. The highest BCUT2D eigenvalue weighted by molar-refractivity contribution is 6.36. The Kier molecular flexibility index (Phi) is 5.77. The van der Waals surface area contributed by atoms with Crippen LogP contribution in [0.4, 0.5) is 4.39 Å². The Morgan fingerprint density at radius 2 is 1.81 bits per heavy atom. The number of benzene rings is 2. The van der Waals surface area contributed by atoms with Gasteiger partial charge in [-0.25, -0.2) is 14.4 Å². The van der Waals surface area contributed by atoms with E-state index in [0.29, 0.717) is 27.8 Å². The Morgan fingerprint density at radius 3 is 2.54 bits per heavy atom. The number of carbonyl (C=O) groups is 2. The summed E-state index contributed by atoms with van der Waals surface area (Å²) in [7, 11) is 0. The van der Waals surface area contributed by atoms with Crippen molar-refractivity contribution in [3.8, 4) is 0 Å². The third kappa shape index (κ3) is 4.17. The highest BCUT2D eigenvalue weighted by atomic mass is 35.5. The number of rotatable bonds is 4. The van der Waals surface area contributed by atoms with Gasteiger partial charge in [0, 0.05) is 22.9 Å². The lowest BCUT2D eigenvalue weighted by atomic mass is 9.79. The normalized spacial score (nSPS) is 21.0. The first-order valence-electron chi connectivity index (χ1n) is 11.7. The standard InChI is InChI=1S/C29H19ClFN3O3/c30-19-10-13-22-21(15-19)26(17-5-2-1-3-6-17)27(28(35)32-22)23-16-24(25-7-4-14-37-25)34(33-23)29(36)18-8-11-20(31)12-9-18/h1-15,21,24H,16H2. The van der Waals surface area contributed by atoms with E-state index >= 15 is 0 Å². The van der Waals surface area contributed by atoms with Gasteiger partial charge < -0.3 is 4.42 Å². The Labute approximate surface area is 216 Å². The van der Waals surface area contributed by atoms with Crippen LogP contribution in [0.25, 0.3) is 5.57 Å². The van der Waals surface area contributed by atoms with E-state index in [0.717, 1.165) is 11.1 Å². The third-order valence-electron chi connectivity index (χ3n) is 6.54. The molecule has 2 aliphatic heterocycles. The topological polar surface area (TPSA) is 75.2 Å². The van der Waals surface area contributed by atoms with Gasteiger partial charge in [-0.05, 0) is 59.7 Å². The summed E-state index contributed by atoms with van der Waals surface area (Å²) in [6, 6.07) is 17.7. The first-order chi connectivity index (χ1) is 18.0. The molecule has 0 spiro atoms. The predicted octanol–water partition coefficient (Wildman–Crippen LogP) is 6.11. The Bertz CT molecular complexity index is 1550. The van der Waals surface area contributed by atoms with Crippen LogP contribution < -0.4 is 0 Å². The van der Waals surface area contributed by atoms with E-state index in [9.17, 15) is 14.0 Å². The lowest BCUT2D eigenvalue weighted by Crippen LogP contribution is -2.27. The number of allylic oxidation sites excluding steroid dienone is 5. The Balaban J connectivity index is 1.50. The van der Waals surface area contributed by atoms with Crippen LogP contribution >= 0.6 is 11.6 Å². The second kappa shape index (κ2) is 9.26. The second-order valence-electron chi connectivity index (χ2n) is 8.80. The summed E-state index contributed by atoms with van der Waals surface area (Å²) in [6.45, 7) is 0. The molecule has 0 saturated heterocycles. The number of aliphatic imine (C=N–C) groups is 1. The quantitative estimate of drug-likeness (QED) is 0.424. The summed E-state index contributed by atoms with van der Waals surface area (Å²) in [4.78, 5) is 31.3. The zero-order valence-electron chi connectivity index (χ0n) is 19.3. The second-order valence-corrected chi connectivity index (χ2v) is 9.23. The number of nitrogens with zero attached hydrogens (tertiary/aromatic N) is 3. The van der Waals surface area contributed by atoms with Crippen molar-refractivity contribution in [2.45, 2.75) is 12.5 Å². The first-order valence-corrected chi connectivity index (χ1v) is 12.1. The molecule has 2 amide bonds. The molecular formula is C29H19ClFN3O3. The SMILES string of the molecule is O=C1N=C2C=CC(Cl)=CC2C(c2ccccc2)=C1C1=NN(C(=O)c2ccc(F)cc2)C(c2ccco2)C1. The van der Waals surface area contributed by atoms with Gasteiger partial charge >= 0.3 is 0 Å². The lowest BCUT2D eigenvalue weighted by molar-refractivity contribution is -0.113. The molecular weight excluding hydrogens is 493 g/mol. The fourth-order valence-electron chi connectivity index (χ4n) is 4.85. The van der Waals surface area contributed by atoms with E-state index in [1.807, 2.05) is 36.4 Å². The van der Waals surface area contributed by atoms with Crippen molar-refractivity contribution in [3.05, 3.63) is 125 Å². The monoisotopic (exact) mass is 511 g/mol. The molecule has 6 rings (SSSR count). The molecule has 0 saturated carbocycles. The first kappa shape index (κ1) is 23.1. The van der Waals surface area contributed by atoms with Gasteiger partial charge in [-0.2, -0.15) is 5.10 Å². The van der Waals surface area contributed by atoms with E-state index in [1.165, 1.54) is 35.5 Å². The number of fused-ring (bicyclic) bond motifs is 1. The zero-order chi connectivity index (χ0) is 25.5. The van der Waals surface area contributed by atoms with Crippen molar-refractivity contribution >= 4 is 40.4 Å². The van der Waals surface area contributed by atoms with Crippen LogP contribution in [0.15, 0.2) is 116 Å². The number of amides is 2. The summed E-state index contributed by atoms with van der Waals surface area (Å²) >= 11 is 6.36. The summed E-state index contributed by atoms with van der Waals surface area (Å²) in [5, 5.41) is 6.50. The summed E-state index contributed by atoms with van der Waals surface area (Å²) < 4.78 is 19.1. The molecule has 6 nitrogen and oxygen atoms in total. The van der Waals surface area contributed by atoms with Gasteiger partial charge in [-0.3, -0.25) is 9.59 Å². The average molecular weight is 512 g/mol. The molecule has 2 aromatic carbocycles. The summed E-state index contributed by atoms with van der Waals surface area (Å²) in [6.07, 6.45) is 7.07. The van der Waals surface area contributed by atoms with Gasteiger partial charge in [0.05, 0.1) is 23.3 Å². The molecule has 8 heteroatoms. The van der Waals surface area contributed by atoms with Gasteiger partial charge in [-0.15, -0.1) is 0 Å². The molecule has 3 aromatic rings. The minimum atomic E-state index is -0.587. The minimum Gasteiger partial charge on any atom is -0.467 e. The number of hydrazone groups is 1. The Hall–Kier alpha value is -4.36. The maximum atomic E-state index is 13.5. The summed E-state index contributed by atoms with van der Waals surface area (Å²) in [5.41, 5.74) is 3.18. The van der Waals surface area contributed by atoms with Crippen LogP contribution in [0.3, 0.4) is 0 Å². The van der Waals surface area contributed by atoms with Gasteiger partial charge in [0.1, 0.15) is 17.6 Å². The number of hydrogen-bond acceptors (Lipinski definition) is 4. The van der Waals surface area contributed by atoms with Crippen molar-refractivity contribution < 1.29 is 18.4 Å². The maximum absolute atomic E-state index is 13.5. The van der Waals surface area contributed by atoms with Crippen molar-refractivity contribution in [1.29, 1.82) is 0 Å². The van der Waals surface area contributed by atoms with Gasteiger partial charge in [0.15, 0.2) is 0 Å². The predicted molar refractivity (Wildman–Crippen MR) is 138 cm³/mol. The van der Waals surface area contributed by atoms with Crippen molar-refractivity contribution in [2.24, 2.45) is 16.0 Å². The molecule has 1 aromatic heterocycles. The third-order valence-corrected chi connectivity index (χ3v) is 6.79. The highest BCUT2D eigenvalue weighted by Gasteiger charge is 2.41. The smallest absolute Gasteiger partial charge is 0.279 e. The molecule has 2 unspecified atom stereocenters. The van der Waals surface area contributed by atoms with Gasteiger partial charge in [-0.1, -0.05) is 48.0 Å². The molecule has 0 N–H and O–H groups in total. The van der Waals surface area contributed by atoms with E-state index in [-0.39, 0.29) is 17.9 Å².